The third-order valence-corrected chi connectivity index (χ3v) is 3.73. The Balaban J connectivity index is 2.17. The maximum Gasteiger partial charge on any atom is 0.256 e. The van der Waals surface area contributed by atoms with Crippen LogP contribution in [0.5, 0.6) is 0 Å². The predicted octanol–water partition coefficient (Wildman–Crippen LogP) is 2.83. The van der Waals surface area contributed by atoms with E-state index in [0.29, 0.717) is 17.5 Å². The number of hydrogen-bond acceptors (Lipinski definition) is 3. The largest absolute Gasteiger partial charge is 0.375 e. The number of aromatic nitrogens is 1. The van der Waals surface area contributed by atoms with E-state index in [2.05, 4.69) is 10.3 Å². The van der Waals surface area contributed by atoms with E-state index in [1.807, 2.05) is 13.0 Å². The number of hydrogen-bond donors (Lipinski definition) is 2. The molecule has 1 aromatic carbocycles. The molecule has 4 nitrogen and oxygen atoms in total. The van der Waals surface area contributed by atoms with Crippen LogP contribution in [0, 0.1) is 12.9 Å². The summed E-state index contributed by atoms with van der Waals surface area (Å²) in [7, 11) is 0. The van der Waals surface area contributed by atoms with Crippen molar-refractivity contribution in [2.45, 2.75) is 38.8 Å². The average Bonchev–Trinajstić information content (AvgIpc) is 2.56. The Bertz CT molecular complexity index is 676. The van der Waals surface area contributed by atoms with E-state index >= 15 is 0 Å². The van der Waals surface area contributed by atoms with E-state index in [9.17, 15) is 14.3 Å². The van der Waals surface area contributed by atoms with Gasteiger partial charge in [-0.15, -0.1) is 0 Å². The molecule has 2 rings (SSSR count). The van der Waals surface area contributed by atoms with E-state index < -0.39 is 17.5 Å². The zero-order valence-corrected chi connectivity index (χ0v) is 13.3. The lowest BCUT2D eigenvalue weighted by Gasteiger charge is -2.27. The van der Waals surface area contributed by atoms with Gasteiger partial charge in [-0.3, -0.25) is 4.79 Å². The molecule has 2 aromatic rings. The molecule has 23 heavy (non-hydrogen) atoms. The molecule has 0 bridgehead atoms. The molecule has 5 heteroatoms. The molecule has 0 aliphatic heterocycles. The minimum Gasteiger partial charge on any atom is -0.375 e. The van der Waals surface area contributed by atoms with Gasteiger partial charge in [0.1, 0.15) is 0 Å². The van der Waals surface area contributed by atoms with Gasteiger partial charge in [0, 0.05) is 18.3 Å². The third-order valence-electron chi connectivity index (χ3n) is 3.73. The fourth-order valence-corrected chi connectivity index (χ4v) is 2.52. The first-order valence-corrected chi connectivity index (χ1v) is 7.64. The fourth-order valence-electron chi connectivity index (χ4n) is 2.52. The van der Waals surface area contributed by atoms with Gasteiger partial charge >= 0.3 is 0 Å². The van der Waals surface area contributed by atoms with Crippen LogP contribution in [0.15, 0.2) is 42.6 Å². The lowest BCUT2D eigenvalue weighted by molar-refractivity contribution is -0.142. The summed E-state index contributed by atoms with van der Waals surface area (Å²) in [6.45, 7) is 3.68. The number of aliphatic hydroxyl groups is 1. The number of benzene rings is 1. The molecule has 1 heterocycles. The Morgan fingerprint density at radius 2 is 2.04 bits per heavy atom. The van der Waals surface area contributed by atoms with Gasteiger partial charge < -0.3 is 10.4 Å². The van der Waals surface area contributed by atoms with E-state index in [1.165, 1.54) is 6.20 Å². The highest BCUT2D eigenvalue weighted by Gasteiger charge is 2.36. The van der Waals surface area contributed by atoms with Gasteiger partial charge in [-0.2, -0.15) is 4.39 Å². The highest BCUT2D eigenvalue weighted by Crippen LogP contribution is 2.27. The van der Waals surface area contributed by atoms with Crippen LogP contribution in [-0.4, -0.2) is 16.0 Å². The number of nitrogens with one attached hydrogen (secondary N) is 1. The van der Waals surface area contributed by atoms with E-state index in [1.54, 1.807) is 37.3 Å². The van der Waals surface area contributed by atoms with Gasteiger partial charge in [0.2, 0.25) is 5.95 Å². The van der Waals surface area contributed by atoms with Crippen molar-refractivity contribution in [1.82, 2.24) is 10.3 Å². The summed E-state index contributed by atoms with van der Waals surface area (Å²) in [4.78, 5) is 16.2. The molecule has 1 aromatic heterocycles. The van der Waals surface area contributed by atoms with Crippen molar-refractivity contribution >= 4 is 5.91 Å². The summed E-state index contributed by atoms with van der Waals surface area (Å²) in [6.07, 6.45) is 2.36. The molecule has 1 amide bonds. The summed E-state index contributed by atoms with van der Waals surface area (Å²) < 4.78 is 13.7. The molecule has 0 radical (unpaired) electrons. The lowest BCUT2D eigenvalue weighted by Crippen LogP contribution is -2.44. The van der Waals surface area contributed by atoms with E-state index in [-0.39, 0.29) is 13.0 Å². The van der Waals surface area contributed by atoms with Crippen molar-refractivity contribution in [2.75, 3.05) is 0 Å². The number of rotatable bonds is 6. The number of amides is 1. The number of carbonyl (C=O) groups excluding carboxylic acids is 1. The quantitative estimate of drug-likeness (QED) is 0.806. The van der Waals surface area contributed by atoms with Crippen LogP contribution >= 0.6 is 0 Å². The summed E-state index contributed by atoms with van der Waals surface area (Å²) >= 11 is 0. The second-order valence-corrected chi connectivity index (χ2v) is 5.62. The van der Waals surface area contributed by atoms with Gasteiger partial charge in [0.25, 0.3) is 5.91 Å². The van der Waals surface area contributed by atoms with Gasteiger partial charge in [0.15, 0.2) is 5.60 Å². The molecule has 1 atom stereocenters. The predicted molar refractivity (Wildman–Crippen MR) is 86.0 cm³/mol. The Morgan fingerprint density at radius 1 is 1.35 bits per heavy atom. The van der Waals surface area contributed by atoms with Crippen molar-refractivity contribution in [1.29, 1.82) is 0 Å². The first kappa shape index (κ1) is 17.1. The second-order valence-electron chi connectivity index (χ2n) is 5.62. The van der Waals surface area contributed by atoms with Crippen LogP contribution in [0.25, 0.3) is 0 Å². The molecule has 0 saturated carbocycles. The highest BCUT2D eigenvalue weighted by molar-refractivity contribution is 5.86. The van der Waals surface area contributed by atoms with Crippen LogP contribution in [0.3, 0.4) is 0 Å². The molecule has 122 valence electrons. The third kappa shape index (κ3) is 3.93. The maximum absolute atomic E-state index is 13.7. The topological polar surface area (TPSA) is 62.2 Å². The number of aryl methyl sites for hydroxylation is 1. The Kier molecular flexibility index (Phi) is 5.45. The van der Waals surface area contributed by atoms with E-state index in [4.69, 9.17) is 0 Å². The lowest BCUT2D eigenvalue weighted by atomic mass is 9.88. The molecule has 0 fully saturated rings. The van der Waals surface area contributed by atoms with Crippen LogP contribution in [-0.2, 0) is 16.9 Å². The second kappa shape index (κ2) is 7.33. The number of nitrogens with zero attached hydrogens (tertiary/aromatic N) is 1. The SMILES string of the molecule is CCCC(O)(C(=O)NCc1cc(C)cnc1F)c1ccccc1. The molecule has 0 aliphatic rings. The number of pyridine rings is 1. The first-order valence-electron chi connectivity index (χ1n) is 7.64. The van der Waals surface area contributed by atoms with Crippen molar-refractivity contribution in [2.24, 2.45) is 0 Å². The minimum absolute atomic E-state index is 0.0157. The zero-order chi connectivity index (χ0) is 16.9. The van der Waals surface area contributed by atoms with Crippen LogP contribution < -0.4 is 5.32 Å². The monoisotopic (exact) mass is 316 g/mol. The minimum atomic E-state index is -1.62. The van der Waals surface area contributed by atoms with Gasteiger partial charge in [-0.25, -0.2) is 4.98 Å². The molecular weight excluding hydrogens is 295 g/mol. The Hall–Kier alpha value is -2.27. The Morgan fingerprint density at radius 3 is 2.70 bits per heavy atom. The van der Waals surface area contributed by atoms with Crippen molar-refractivity contribution < 1.29 is 14.3 Å². The smallest absolute Gasteiger partial charge is 0.256 e. The van der Waals surface area contributed by atoms with Crippen molar-refractivity contribution in [3.63, 3.8) is 0 Å². The highest BCUT2D eigenvalue weighted by atomic mass is 19.1. The Labute approximate surface area is 135 Å². The molecule has 0 spiro atoms. The molecular formula is C18H21FN2O2. The molecule has 0 saturated heterocycles. The maximum atomic E-state index is 13.7. The number of halogens is 1. The normalized spacial score (nSPS) is 13.4. The van der Waals surface area contributed by atoms with Crippen molar-refractivity contribution in [3.8, 4) is 0 Å². The van der Waals surface area contributed by atoms with Gasteiger partial charge in [-0.1, -0.05) is 43.7 Å². The van der Waals surface area contributed by atoms with Gasteiger partial charge in [-0.05, 0) is 30.5 Å². The zero-order valence-electron chi connectivity index (χ0n) is 13.3. The fraction of sp³-hybridized carbons (Fsp3) is 0.333. The average molecular weight is 316 g/mol. The van der Waals surface area contributed by atoms with Crippen LogP contribution in [0.2, 0.25) is 0 Å². The van der Waals surface area contributed by atoms with Gasteiger partial charge in [0.05, 0.1) is 0 Å². The summed E-state index contributed by atoms with van der Waals surface area (Å²) in [5, 5.41) is 13.5. The summed E-state index contributed by atoms with van der Waals surface area (Å²) in [5.41, 5.74) is 0.0129. The molecule has 0 aliphatic carbocycles. The molecule has 2 N–H and O–H groups in total. The standard InChI is InChI=1S/C18H21FN2O2/c1-3-9-18(23,15-7-5-4-6-8-15)17(22)21-12-14-10-13(2)11-20-16(14)19/h4-8,10-11,23H,3,9,12H2,1-2H3,(H,21,22). The van der Waals surface area contributed by atoms with Crippen LogP contribution in [0.4, 0.5) is 4.39 Å². The molecule has 1 unspecified atom stereocenters. The summed E-state index contributed by atoms with van der Waals surface area (Å²) in [5.74, 6) is -1.15. The van der Waals surface area contributed by atoms with Crippen molar-refractivity contribution in [3.05, 3.63) is 65.2 Å². The van der Waals surface area contributed by atoms with E-state index in [0.717, 1.165) is 5.56 Å². The summed E-state index contributed by atoms with van der Waals surface area (Å²) in [6, 6.07) is 10.4. The first-order chi connectivity index (χ1) is 11.0. The van der Waals surface area contributed by atoms with Crippen LogP contribution in [0.1, 0.15) is 36.5 Å². The number of carbonyl (C=O) groups is 1.